The standard InChI is InChI=1S/C22H18FN5O/c1-14-3-4-16(21-25-13-26-28(21)2)11-19(14)15-5-7-17(8-6-15)27-22(29)18-9-10-24-12-20(18)23/h3-13H,1-2H3,(H,27,29). The minimum absolute atomic E-state index is 0.0451. The van der Waals surface area contributed by atoms with Crippen LogP contribution in [-0.4, -0.2) is 25.7 Å². The quantitative estimate of drug-likeness (QED) is 0.568. The maximum Gasteiger partial charge on any atom is 0.258 e. The van der Waals surface area contributed by atoms with Crippen molar-refractivity contribution in [3.05, 3.63) is 84.2 Å². The van der Waals surface area contributed by atoms with Crippen molar-refractivity contribution in [3.63, 3.8) is 0 Å². The summed E-state index contributed by atoms with van der Waals surface area (Å²) in [4.78, 5) is 20.2. The molecule has 1 amide bonds. The first-order valence-corrected chi connectivity index (χ1v) is 8.99. The molecule has 4 rings (SSSR count). The van der Waals surface area contributed by atoms with E-state index in [0.717, 1.165) is 34.3 Å². The van der Waals surface area contributed by atoms with Gasteiger partial charge < -0.3 is 5.32 Å². The molecule has 4 aromatic rings. The second-order valence-electron chi connectivity index (χ2n) is 6.62. The highest BCUT2D eigenvalue weighted by molar-refractivity contribution is 6.04. The maximum atomic E-state index is 13.7. The fourth-order valence-corrected chi connectivity index (χ4v) is 3.12. The Balaban J connectivity index is 1.59. The average Bonchev–Trinajstić information content (AvgIpc) is 3.15. The van der Waals surface area contributed by atoms with E-state index in [1.807, 2.05) is 38.2 Å². The lowest BCUT2D eigenvalue weighted by atomic mass is 9.97. The number of hydrogen-bond acceptors (Lipinski definition) is 4. The van der Waals surface area contributed by atoms with E-state index in [-0.39, 0.29) is 5.56 Å². The molecule has 0 bridgehead atoms. The smallest absolute Gasteiger partial charge is 0.258 e. The van der Waals surface area contributed by atoms with Crippen LogP contribution < -0.4 is 5.32 Å². The summed E-state index contributed by atoms with van der Waals surface area (Å²) in [6, 6.07) is 14.9. The molecule has 0 saturated heterocycles. The van der Waals surface area contributed by atoms with Crippen LogP contribution in [-0.2, 0) is 7.05 Å². The number of benzene rings is 2. The van der Waals surface area contributed by atoms with Crippen molar-refractivity contribution in [1.29, 1.82) is 0 Å². The van der Waals surface area contributed by atoms with E-state index in [4.69, 9.17) is 0 Å². The molecule has 6 nitrogen and oxygen atoms in total. The molecule has 2 aromatic carbocycles. The van der Waals surface area contributed by atoms with E-state index in [1.165, 1.54) is 18.6 Å². The number of anilines is 1. The third-order valence-corrected chi connectivity index (χ3v) is 4.68. The van der Waals surface area contributed by atoms with Crippen LogP contribution in [0, 0.1) is 12.7 Å². The van der Waals surface area contributed by atoms with E-state index >= 15 is 0 Å². The summed E-state index contributed by atoms with van der Waals surface area (Å²) < 4.78 is 15.4. The number of halogens is 1. The Bertz CT molecular complexity index is 1180. The summed E-state index contributed by atoms with van der Waals surface area (Å²) in [5.41, 5.74) is 4.68. The highest BCUT2D eigenvalue weighted by atomic mass is 19.1. The lowest BCUT2D eigenvalue weighted by Crippen LogP contribution is -2.13. The second kappa shape index (κ2) is 7.63. The SMILES string of the molecule is Cc1ccc(-c2ncnn2C)cc1-c1ccc(NC(=O)c2ccncc2F)cc1. The molecule has 0 saturated carbocycles. The highest BCUT2D eigenvalue weighted by Gasteiger charge is 2.12. The van der Waals surface area contributed by atoms with Gasteiger partial charge in [0, 0.05) is 24.5 Å². The Labute approximate surface area is 167 Å². The third kappa shape index (κ3) is 3.75. The monoisotopic (exact) mass is 387 g/mol. The zero-order valence-corrected chi connectivity index (χ0v) is 15.9. The molecular weight excluding hydrogens is 369 g/mol. The van der Waals surface area contributed by atoms with Gasteiger partial charge in [-0.05, 0) is 47.9 Å². The lowest BCUT2D eigenvalue weighted by molar-refractivity contribution is 0.102. The Hall–Kier alpha value is -3.87. The number of carbonyl (C=O) groups excluding carboxylic acids is 1. The summed E-state index contributed by atoms with van der Waals surface area (Å²) in [7, 11) is 1.85. The zero-order chi connectivity index (χ0) is 20.4. The van der Waals surface area contributed by atoms with Crippen molar-refractivity contribution in [2.24, 2.45) is 7.05 Å². The molecule has 0 aliphatic rings. The summed E-state index contributed by atoms with van der Waals surface area (Å²) >= 11 is 0. The van der Waals surface area contributed by atoms with Crippen molar-refractivity contribution in [2.45, 2.75) is 6.92 Å². The van der Waals surface area contributed by atoms with Crippen molar-refractivity contribution < 1.29 is 9.18 Å². The zero-order valence-electron chi connectivity index (χ0n) is 15.9. The normalized spacial score (nSPS) is 10.7. The topological polar surface area (TPSA) is 72.7 Å². The van der Waals surface area contributed by atoms with Crippen molar-refractivity contribution in [2.75, 3.05) is 5.32 Å². The first-order chi connectivity index (χ1) is 14.0. The molecule has 0 spiro atoms. The van der Waals surface area contributed by atoms with Crippen LogP contribution in [0.4, 0.5) is 10.1 Å². The van der Waals surface area contributed by atoms with Crippen molar-refractivity contribution >= 4 is 11.6 Å². The summed E-state index contributed by atoms with van der Waals surface area (Å²) in [6.07, 6.45) is 3.93. The van der Waals surface area contributed by atoms with Gasteiger partial charge in [0.15, 0.2) is 11.6 Å². The second-order valence-corrected chi connectivity index (χ2v) is 6.62. The minimum atomic E-state index is -0.655. The molecule has 0 atom stereocenters. The lowest BCUT2D eigenvalue weighted by Gasteiger charge is -2.11. The Morgan fingerprint density at radius 3 is 2.52 bits per heavy atom. The first-order valence-electron chi connectivity index (χ1n) is 8.99. The number of nitrogens with zero attached hydrogens (tertiary/aromatic N) is 4. The largest absolute Gasteiger partial charge is 0.322 e. The summed E-state index contributed by atoms with van der Waals surface area (Å²) in [6.45, 7) is 2.04. The molecule has 0 fully saturated rings. The van der Waals surface area contributed by atoms with Crippen LogP contribution >= 0.6 is 0 Å². The number of pyridine rings is 1. The molecular formula is C22H18FN5O. The molecule has 2 heterocycles. The van der Waals surface area contributed by atoms with Crippen molar-refractivity contribution in [3.8, 4) is 22.5 Å². The van der Waals surface area contributed by atoms with E-state index in [9.17, 15) is 9.18 Å². The van der Waals surface area contributed by atoms with Crippen LogP contribution in [0.15, 0.2) is 67.3 Å². The third-order valence-electron chi connectivity index (χ3n) is 4.68. The molecule has 29 heavy (non-hydrogen) atoms. The molecule has 0 radical (unpaired) electrons. The molecule has 0 aliphatic heterocycles. The van der Waals surface area contributed by atoms with Gasteiger partial charge in [0.05, 0.1) is 11.8 Å². The number of aryl methyl sites for hydroxylation is 2. The molecule has 0 unspecified atom stereocenters. The van der Waals surface area contributed by atoms with Gasteiger partial charge >= 0.3 is 0 Å². The van der Waals surface area contributed by atoms with Gasteiger partial charge in [-0.1, -0.05) is 24.3 Å². The Morgan fingerprint density at radius 2 is 1.83 bits per heavy atom. The molecule has 1 N–H and O–H groups in total. The molecule has 0 aliphatic carbocycles. The van der Waals surface area contributed by atoms with Gasteiger partial charge in [-0.25, -0.2) is 14.1 Å². The first kappa shape index (κ1) is 18.5. The van der Waals surface area contributed by atoms with Gasteiger partial charge in [-0.2, -0.15) is 5.10 Å². The van der Waals surface area contributed by atoms with Crippen LogP contribution in [0.5, 0.6) is 0 Å². The van der Waals surface area contributed by atoms with E-state index < -0.39 is 11.7 Å². The number of carbonyl (C=O) groups is 1. The van der Waals surface area contributed by atoms with Crippen LogP contribution in [0.3, 0.4) is 0 Å². The number of amides is 1. The highest BCUT2D eigenvalue weighted by Crippen LogP contribution is 2.29. The molecule has 7 heteroatoms. The number of aromatic nitrogens is 4. The Morgan fingerprint density at radius 1 is 1.07 bits per heavy atom. The number of nitrogens with one attached hydrogen (secondary N) is 1. The average molecular weight is 387 g/mol. The van der Waals surface area contributed by atoms with Gasteiger partial charge in [-0.15, -0.1) is 0 Å². The molecule has 144 valence electrons. The van der Waals surface area contributed by atoms with Gasteiger partial charge in [-0.3, -0.25) is 9.78 Å². The predicted octanol–water partition coefficient (Wildman–Crippen LogP) is 4.24. The Kier molecular flexibility index (Phi) is 4.87. The molecule has 2 aromatic heterocycles. The van der Waals surface area contributed by atoms with Gasteiger partial charge in [0.2, 0.25) is 0 Å². The van der Waals surface area contributed by atoms with Crippen molar-refractivity contribution in [1.82, 2.24) is 19.7 Å². The van der Waals surface area contributed by atoms with Crippen LogP contribution in [0.25, 0.3) is 22.5 Å². The van der Waals surface area contributed by atoms with E-state index in [0.29, 0.717) is 5.69 Å². The number of hydrogen-bond donors (Lipinski definition) is 1. The van der Waals surface area contributed by atoms with Gasteiger partial charge in [0.25, 0.3) is 5.91 Å². The minimum Gasteiger partial charge on any atom is -0.322 e. The predicted molar refractivity (Wildman–Crippen MR) is 109 cm³/mol. The van der Waals surface area contributed by atoms with Crippen LogP contribution in [0.2, 0.25) is 0 Å². The summed E-state index contributed by atoms with van der Waals surface area (Å²) in [5, 5.41) is 6.83. The van der Waals surface area contributed by atoms with E-state index in [1.54, 1.807) is 16.8 Å². The fraction of sp³-hybridized carbons (Fsp3) is 0.0909. The number of rotatable bonds is 4. The van der Waals surface area contributed by atoms with E-state index in [2.05, 4.69) is 26.4 Å². The van der Waals surface area contributed by atoms with Gasteiger partial charge in [0.1, 0.15) is 6.33 Å². The fourth-order valence-electron chi connectivity index (χ4n) is 3.12. The maximum absolute atomic E-state index is 13.7. The van der Waals surface area contributed by atoms with Crippen LogP contribution in [0.1, 0.15) is 15.9 Å². The summed E-state index contributed by atoms with van der Waals surface area (Å²) in [5.74, 6) is -0.384.